The molecule has 0 fully saturated rings. The van der Waals surface area contributed by atoms with Gasteiger partial charge in [0.1, 0.15) is 0 Å². The minimum atomic E-state index is -0.494. The molecule has 1 aromatic rings. The van der Waals surface area contributed by atoms with Crippen LogP contribution < -0.4 is 5.73 Å². The van der Waals surface area contributed by atoms with Gasteiger partial charge in [-0.25, -0.2) is 0 Å². The summed E-state index contributed by atoms with van der Waals surface area (Å²) in [6, 6.07) is 8.05. The number of halogens is 2. The summed E-state index contributed by atoms with van der Waals surface area (Å²) < 4.78 is 0. The molecule has 0 heterocycles. The first kappa shape index (κ1) is 16.6. The highest BCUT2D eigenvalue weighted by Crippen LogP contribution is 2.32. The van der Waals surface area contributed by atoms with E-state index in [0.29, 0.717) is 6.42 Å². The van der Waals surface area contributed by atoms with Gasteiger partial charge in [0, 0.05) is 11.6 Å². The standard InChI is InChI=1S/C17H21Cl2NO/c18-16-5-2-6-17(19)15(16)8-7-12-3-1-4-13(9-12)10-14(21)11-20/h1,3-4,7-9,14,16,21H,2,5-6,10-11,20H2/t14-,16?/m1/s1. The van der Waals surface area contributed by atoms with E-state index in [1.165, 1.54) is 0 Å². The zero-order chi connectivity index (χ0) is 15.2. The van der Waals surface area contributed by atoms with Crippen molar-refractivity contribution < 1.29 is 5.11 Å². The fraction of sp³-hybridized carbons (Fsp3) is 0.412. The van der Waals surface area contributed by atoms with Crippen molar-refractivity contribution in [1.82, 2.24) is 0 Å². The summed E-state index contributed by atoms with van der Waals surface area (Å²) in [5.41, 5.74) is 8.61. The van der Waals surface area contributed by atoms with Crippen LogP contribution in [-0.2, 0) is 6.42 Å². The van der Waals surface area contributed by atoms with Gasteiger partial charge in [-0.3, -0.25) is 0 Å². The highest BCUT2D eigenvalue weighted by atomic mass is 35.5. The minimum absolute atomic E-state index is 0.00439. The van der Waals surface area contributed by atoms with E-state index in [0.717, 1.165) is 41.0 Å². The summed E-state index contributed by atoms with van der Waals surface area (Å²) in [4.78, 5) is 0. The molecule has 21 heavy (non-hydrogen) atoms. The van der Waals surface area contributed by atoms with Crippen molar-refractivity contribution in [2.75, 3.05) is 6.54 Å². The van der Waals surface area contributed by atoms with Crippen LogP contribution in [-0.4, -0.2) is 23.1 Å². The molecule has 0 saturated heterocycles. The maximum atomic E-state index is 9.62. The predicted octanol–water partition coefficient (Wildman–Crippen LogP) is 3.85. The number of alkyl halides is 1. The van der Waals surface area contributed by atoms with Crippen LogP contribution in [0.2, 0.25) is 0 Å². The predicted molar refractivity (Wildman–Crippen MR) is 90.6 cm³/mol. The fourth-order valence-corrected chi connectivity index (χ4v) is 3.21. The van der Waals surface area contributed by atoms with E-state index in [2.05, 4.69) is 6.07 Å². The third kappa shape index (κ3) is 4.86. The topological polar surface area (TPSA) is 46.2 Å². The monoisotopic (exact) mass is 325 g/mol. The Morgan fingerprint density at radius 2 is 2.19 bits per heavy atom. The molecule has 0 aliphatic heterocycles. The summed E-state index contributed by atoms with van der Waals surface area (Å²) in [6.07, 6.45) is 7.05. The summed E-state index contributed by atoms with van der Waals surface area (Å²) >= 11 is 12.6. The summed E-state index contributed by atoms with van der Waals surface area (Å²) in [5, 5.41) is 10.5. The second-order valence-electron chi connectivity index (χ2n) is 5.39. The van der Waals surface area contributed by atoms with Gasteiger partial charge in [-0.2, -0.15) is 0 Å². The first-order valence-corrected chi connectivity index (χ1v) is 8.09. The lowest BCUT2D eigenvalue weighted by Crippen LogP contribution is -2.21. The molecular formula is C17H21Cl2NO. The van der Waals surface area contributed by atoms with Gasteiger partial charge in [-0.05, 0) is 42.4 Å². The minimum Gasteiger partial charge on any atom is -0.391 e. The largest absolute Gasteiger partial charge is 0.391 e. The van der Waals surface area contributed by atoms with Crippen molar-refractivity contribution in [3.05, 3.63) is 52.1 Å². The molecule has 114 valence electrons. The van der Waals surface area contributed by atoms with E-state index >= 15 is 0 Å². The van der Waals surface area contributed by atoms with Gasteiger partial charge in [0.15, 0.2) is 0 Å². The second kappa shape index (κ2) is 8.00. The molecule has 3 N–H and O–H groups in total. The number of allylic oxidation sites excluding steroid dienone is 3. The highest BCUT2D eigenvalue weighted by molar-refractivity contribution is 6.32. The number of nitrogens with two attached hydrogens (primary N) is 1. The molecular weight excluding hydrogens is 305 g/mol. The average molecular weight is 326 g/mol. The van der Waals surface area contributed by atoms with Crippen LogP contribution in [0.5, 0.6) is 0 Å². The van der Waals surface area contributed by atoms with Crippen LogP contribution in [0.15, 0.2) is 40.9 Å². The Labute approximate surface area is 136 Å². The Bertz CT molecular complexity index is 539. The Hall–Kier alpha value is -0.800. The molecule has 0 bridgehead atoms. The first-order chi connectivity index (χ1) is 10.1. The van der Waals surface area contributed by atoms with Gasteiger partial charge >= 0.3 is 0 Å². The van der Waals surface area contributed by atoms with Crippen LogP contribution in [0, 0.1) is 0 Å². The lowest BCUT2D eigenvalue weighted by Gasteiger charge is -2.18. The third-order valence-corrected chi connectivity index (χ3v) is 4.51. The molecule has 1 aromatic carbocycles. The molecule has 0 spiro atoms. The van der Waals surface area contributed by atoms with E-state index in [9.17, 15) is 5.11 Å². The Balaban J connectivity index is 2.12. The SMILES string of the molecule is NC[C@H](O)Cc1cccc(C=CC2=C(Cl)CCCC2Cl)c1. The molecule has 2 rings (SSSR count). The molecule has 4 heteroatoms. The molecule has 0 radical (unpaired) electrons. The van der Waals surface area contributed by atoms with Gasteiger partial charge in [0.25, 0.3) is 0 Å². The van der Waals surface area contributed by atoms with E-state index in [1.807, 2.05) is 30.4 Å². The van der Waals surface area contributed by atoms with E-state index < -0.39 is 6.10 Å². The maximum Gasteiger partial charge on any atom is 0.0702 e. The number of hydrogen-bond acceptors (Lipinski definition) is 2. The van der Waals surface area contributed by atoms with Crippen LogP contribution in [0.4, 0.5) is 0 Å². The molecule has 0 aromatic heterocycles. The number of rotatable bonds is 5. The highest BCUT2D eigenvalue weighted by Gasteiger charge is 2.17. The van der Waals surface area contributed by atoms with Gasteiger partial charge in [0.05, 0.1) is 11.5 Å². The lowest BCUT2D eigenvalue weighted by molar-refractivity contribution is 0.183. The van der Waals surface area contributed by atoms with Gasteiger partial charge < -0.3 is 10.8 Å². The van der Waals surface area contributed by atoms with Gasteiger partial charge in [-0.1, -0.05) is 48.0 Å². The van der Waals surface area contributed by atoms with Gasteiger partial charge in [0.2, 0.25) is 0 Å². The van der Waals surface area contributed by atoms with E-state index in [4.69, 9.17) is 28.9 Å². The molecule has 1 unspecified atom stereocenters. The van der Waals surface area contributed by atoms with Crippen molar-refractivity contribution in [2.45, 2.75) is 37.2 Å². The van der Waals surface area contributed by atoms with Crippen LogP contribution in [0.25, 0.3) is 6.08 Å². The van der Waals surface area contributed by atoms with Crippen molar-refractivity contribution in [1.29, 1.82) is 0 Å². The number of aliphatic hydroxyl groups excluding tert-OH is 1. The Morgan fingerprint density at radius 3 is 2.90 bits per heavy atom. The van der Waals surface area contributed by atoms with Crippen molar-refractivity contribution in [2.24, 2.45) is 5.73 Å². The Kier molecular flexibility index (Phi) is 6.31. The maximum absolute atomic E-state index is 9.62. The molecule has 2 nitrogen and oxygen atoms in total. The second-order valence-corrected chi connectivity index (χ2v) is 6.38. The van der Waals surface area contributed by atoms with E-state index in [1.54, 1.807) is 0 Å². The summed E-state index contributed by atoms with van der Waals surface area (Å²) in [7, 11) is 0. The summed E-state index contributed by atoms with van der Waals surface area (Å²) in [6.45, 7) is 0.274. The number of hydrogen-bond donors (Lipinski definition) is 2. The Morgan fingerprint density at radius 1 is 1.38 bits per heavy atom. The van der Waals surface area contributed by atoms with Crippen molar-refractivity contribution in [3.8, 4) is 0 Å². The molecule has 1 aliphatic carbocycles. The normalized spacial score (nSPS) is 21.0. The van der Waals surface area contributed by atoms with Crippen LogP contribution in [0.1, 0.15) is 30.4 Å². The molecule has 0 saturated carbocycles. The molecule has 2 atom stereocenters. The van der Waals surface area contributed by atoms with Crippen molar-refractivity contribution >= 4 is 29.3 Å². The van der Waals surface area contributed by atoms with Gasteiger partial charge in [-0.15, -0.1) is 11.6 Å². The van der Waals surface area contributed by atoms with E-state index in [-0.39, 0.29) is 11.9 Å². The molecule has 1 aliphatic rings. The van der Waals surface area contributed by atoms with Crippen LogP contribution >= 0.6 is 23.2 Å². The average Bonchev–Trinajstić information content (AvgIpc) is 2.47. The molecule has 0 amide bonds. The zero-order valence-corrected chi connectivity index (χ0v) is 13.4. The quantitative estimate of drug-likeness (QED) is 0.808. The first-order valence-electron chi connectivity index (χ1n) is 7.28. The lowest BCUT2D eigenvalue weighted by atomic mass is 9.97. The van der Waals surface area contributed by atoms with Crippen molar-refractivity contribution in [3.63, 3.8) is 0 Å². The number of aliphatic hydroxyl groups is 1. The third-order valence-electron chi connectivity index (χ3n) is 3.65. The smallest absolute Gasteiger partial charge is 0.0702 e. The fourth-order valence-electron chi connectivity index (χ4n) is 2.47. The summed E-state index contributed by atoms with van der Waals surface area (Å²) in [5.74, 6) is 0. The van der Waals surface area contributed by atoms with Crippen LogP contribution in [0.3, 0.4) is 0 Å². The number of benzene rings is 1. The zero-order valence-electron chi connectivity index (χ0n) is 11.9.